The molecular formula is C20H33NO2. The summed E-state index contributed by atoms with van der Waals surface area (Å²) in [6, 6.07) is 6.29. The van der Waals surface area contributed by atoms with Crippen molar-refractivity contribution in [1.82, 2.24) is 5.32 Å². The minimum Gasteiger partial charge on any atom is -0.493 e. The topological polar surface area (TPSA) is 30.5 Å². The zero-order chi connectivity index (χ0) is 16.3. The van der Waals surface area contributed by atoms with Crippen molar-refractivity contribution in [2.45, 2.75) is 64.8 Å². The first-order valence-electron chi connectivity index (χ1n) is 9.34. The molecule has 0 spiro atoms. The molecule has 3 heteroatoms. The summed E-state index contributed by atoms with van der Waals surface area (Å²) in [4.78, 5) is 0. The number of hydrogen-bond acceptors (Lipinski definition) is 3. The summed E-state index contributed by atoms with van der Waals surface area (Å²) in [6.07, 6.45) is 10.5. The summed E-state index contributed by atoms with van der Waals surface area (Å²) in [5.41, 5.74) is 1.26. The highest BCUT2D eigenvalue weighted by Gasteiger charge is 2.13. The molecule has 0 heterocycles. The summed E-state index contributed by atoms with van der Waals surface area (Å²) in [5, 5.41) is 3.61. The third-order valence-corrected chi connectivity index (χ3v) is 4.72. The van der Waals surface area contributed by atoms with E-state index in [1.807, 2.05) is 6.07 Å². The number of hydrogen-bond donors (Lipinski definition) is 1. The Kier molecular flexibility index (Phi) is 8.30. The van der Waals surface area contributed by atoms with Gasteiger partial charge in [-0.1, -0.05) is 45.1 Å². The van der Waals surface area contributed by atoms with Crippen LogP contribution in [-0.2, 0) is 6.54 Å². The van der Waals surface area contributed by atoms with Gasteiger partial charge in [-0.15, -0.1) is 0 Å². The van der Waals surface area contributed by atoms with E-state index < -0.39 is 0 Å². The van der Waals surface area contributed by atoms with Gasteiger partial charge in [-0.05, 0) is 49.4 Å². The van der Waals surface area contributed by atoms with Crippen LogP contribution < -0.4 is 14.8 Å². The molecule has 130 valence electrons. The van der Waals surface area contributed by atoms with Gasteiger partial charge in [-0.3, -0.25) is 0 Å². The van der Waals surface area contributed by atoms with Crippen LogP contribution in [0, 0.1) is 5.92 Å². The fraction of sp³-hybridized carbons (Fsp3) is 0.700. The van der Waals surface area contributed by atoms with E-state index in [0.717, 1.165) is 43.5 Å². The van der Waals surface area contributed by atoms with Crippen LogP contribution in [0.2, 0.25) is 0 Å². The molecule has 0 bridgehead atoms. The maximum atomic E-state index is 5.84. The summed E-state index contributed by atoms with van der Waals surface area (Å²) >= 11 is 0. The van der Waals surface area contributed by atoms with Crippen molar-refractivity contribution in [3.05, 3.63) is 23.8 Å². The Balaban J connectivity index is 1.78. The average molecular weight is 319 g/mol. The Morgan fingerprint density at radius 1 is 1.09 bits per heavy atom. The normalized spacial score (nSPS) is 15.6. The van der Waals surface area contributed by atoms with Crippen LogP contribution in [0.4, 0.5) is 0 Å². The maximum Gasteiger partial charge on any atom is 0.161 e. The second-order valence-electron chi connectivity index (χ2n) is 6.68. The van der Waals surface area contributed by atoms with Crippen molar-refractivity contribution in [2.24, 2.45) is 5.92 Å². The van der Waals surface area contributed by atoms with Crippen LogP contribution in [0.15, 0.2) is 18.2 Å². The molecule has 0 aromatic heterocycles. The zero-order valence-corrected chi connectivity index (χ0v) is 14.9. The number of ether oxygens (including phenoxy) is 2. The minimum atomic E-state index is 0.767. The molecule has 1 fully saturated rings. The number of methoxy groups -OCH3 is 1. The molecule has 1 N–H and O–H groups in total. The molecule has 23 heavy (non-hydrogen) atoms. The van der Waals surface area contributed by atoms with E-state index in [1.54, 1.807) is 7.11 Å². The van der Waals surface area contributed by atoms with Gasteiger partial charge in [0.2, 0.25) is 0 Å². The van der Waals surface area contributed by atoms with Gasteiger partial charge in [0.1, 0.15) is 0 Å². The second kappa shape index (κ2) is 10.5. The smallest absolute Gasteiger partial charge is 0.161 e. The quantitative estimate of drug-likeness (QED) is 0.620. The molecule has 0 atom stereocenters. The lowest BCUT2D eigenvalue weighted by Crippen LogP contribution is -2.24. The molecule has 0 unspecified atom stereocenters. The lowest BCUT2D eigenvalue weighted by molar-refractivity contribution is 0.285. The lowest BCUT2D eigenvalue weighted by atomic mass is 9.89. The first-order chi connectivity index (χ1) is 11.3. The standard InChI is InChI=1S/C20H33NO2/c1-3-4-8-13-23-19-12-11-18(14-20(19)22-2)16-21-15-17-9-6-5-7-10-17/h11-12,14,17,21H,3-10,13,15-16H2,1-2H3. The highest BCUT2D eigenvalue weighted by atomic mass is 16.5. The van der Waals surface area contributed by atoms with Gasteiger partial charge in [0, 0.05) is 6.54 Å². The Bertz CT molecular complexity index is 441. The molecule has 1 saturated carbocycles. The molecule has 1 aliphatic carbocycles. The minimum absolute atomic E-state index is 0.767. The van der Waals surface area contributed by atoms with Gasteiger partial charge in [0.05, 0.1) is 13.7 Å². The van der Waals surface area contributed by atoms with Gasteiger partial charge in [-0.25, -0.2) is 0 Å². The highest BCUT2D eigenvalue weighted by Crippen LogP contribution is 2.28. The van der Waals surface area contributed by atoms with Crippen LogP contribution >= 0.6 is 0 Å². The Morgan fingerprint density at radius 2 is 1.91 bits per heavy atom. The summed E-state index contributed by atoms with van der Waals surface area (Å²) < 4.78 is 11.3. The monoisotopic (exact) mass is 319 g/mol. The van der Waals surface area contributed by atoms with Crippen molar-refractivity contribution >= 4 is 0 Å². The van der Waals surface area contributed by atoms with Crippen LogP contribution in [0.5, 0.6) is 11.5 Å². The number of nitrogens with one attached hydrogen (secondary N) is 1. The number of unbranched alkanes of at least 4 members (excludes halogenated alkanes) is 2. The molecule has 0 radical (unpaired) electrons. The summed E-state index contributed by atoms with van der Waals surface area (Å²) in [6.45, 7) is 5.01. The van der Waals surface area contributed by atoms with Crippen LogP contribution in [-0.4, -0.2) is 20.3 Å². The van der Waals surface area contributed by atoms with Crippen molar-refractivity contribution in [3.8, 4) is 11.5 Å². The van der Waals surface area contributed by atoms with Crippen molar-refractivity contribution in [1.29, 1.82) is 0 Å². The van der Waals surface area contributed by atoms with E-state index >= 15 is 0 Å². The van der Waals surface area contributed by atoms with Gasteiger partial charge in [-0.2, -0.15) is 0 Å². The molecule has 0 amide bonds. The number of rotatable bonds is 10. The third-order valence-electron chi connectivity index (χ3n) is 4.72. The van der Waals surface area contributed by atoms with Gasteiger partial charge in [0.15, 0.2) is 11.5 Å². The van der Waals surface area contributed by atoms with E-state index in [4.69, 9.17) is 9.47 Å². The first-order valence-corrected chi connectivity index (χ1v) is 9.34. The van der Waals surface area contributed by atoms with Gasteiger partial charge in [0.25, 0.3) is 0 Å². The van der Waals surface area contributed by atoms with E-state index in [-0.39, 0.29) is 0 Å². The predicted octanol–water partition coefficient (Wildman–Crippen LogP) is 4.93. The van der Waals surface area contributed by atoms with Crippen molar-refractivity contribution < 1.29 is 9.47 Å². The predicted molar refractivity (Wildman–Crippen MR) is 96.3 cm³/mol. The molecule has 2 rings (SSSR count). The van der Waals surface area contributed by atoms with Crippen molar-refractivity contribution in [3.63, 3.8) is 0 Å². The fourth-order valence-corrected chi connectivity index (χ4v) is 3.29. The van der Waals surface area contributed by atoms with E-state index in [0.29, 0.717) is 0 Å². The largest absolute Gasteiger partial charge is 0.493 e. The second-order valence-corrected chi connectivity index (χ2v) is 6.68. The summed E-state index contributed by atoms with van der Waals surface area (Å²) in [7, 11) is 1.72. The third kappa shape index (κ3) is 6.42. The van der Waals surface area contributed by atoms with Gasteiger partial charge < -0.3 is 14.8 Å². The van der Waals surface area contributed by atoms with Gasteiger partial charge >= 0.3 is 0 Å². The fourth-order valence-electron chi connectivity index (χ4n) is 3.29. The van der Waals surface area contributed by atoms with E-state index in [2.05, 4.69) is 24.4 Å². The highest BCUT2D eigenvalue weighted by molar-refractivity contribution is 5.42. The molecule has 1 aromatic rings. The first kappa shape index (κ1) is 18.1. The Morgan fingerprint density at radius 3 is 2.65 bits per heavy atom. The SMILES string of the molecule is CCCCCOc1ccc(CNCC2CCCCC2)cc1OC. The van der Waals surface area contributed by atoms with Crippen molar-refractivity contribution in [2.75, 3.05) is 20.3 Å². The Hall–Kier alpha value is -1.22. The molecular weight excluding hydrogens is 286 g/mol. The average Bonchev–Trinajstić information content (AvgIpc) is 2.60. The molecule has 0 aliphatic heterocycles. The summed E-state index contributed by atoms with van der Waals surface area (Å²) in [5.74, 6) is 2.57. The number of benzene rings is 1. The lowest BCUT2D eigenvalue weighted by Gasteiger charge is -2.22. The van der Waals surface area contributed by atoms with Crippen LogP contribution in [0.3, 0.4) is 0 Å². The maximum absolute atomic E-state index is 5.84. The molecule has 0 saturated heterocycles. The van der Waals surface area contributed by atoms with Crippen LogP contribution in [0.1, 0.15) is 63.9 Å². The van der Waals surface area contributed by atoms with E-state index in [9.17, 15) is 0 Å². The molecule has 1 aliphatic rings. The van der Waals surface area contributed by atoms with Crippen LogP contribution in [0.25, 0.3) is 0 Å². The molecule has 1 aromatic carbocycles. The molecule has 3 nitrogen and oxygen atoms in total. The zero-order valence-electron chi connectivity index (χ0n) is 14.9. The Labute approximate surface area is 141 Å². The van der Waals surface area contributed by atoms with E-state index in [1.165, 1.54) is 50.5 Å².